The Morgan fingerprint density at radius 1 is 1.04 bits per heavy atom. The van der Waals surface area contributed by atoms with Crippen LogP contribution in [0.15, 0.2) is 30.3 Å². The average Bonchev–Trinajstić information content (AvgIpc) is 2.55. The van der Waals surface area contributed by atoms with Crippen LogP contribution >= 0.6 is 0 Å². The summed E-state index contributed by atoms with van der Waals surface area (Å²) in [6.45, 7) is 7.30. The van der Waals surface area contributed by atoms with Crippen LogP contribution < -0.4 is 9.80 Å². The van der Waals surface area contributed by atoms with Gasteiger partial charge in [0.2, 0.25) is 0 Å². The van der Waals surface area contributed by atoms with Gasteiger partial charge >= 0.3 is 0 Å². The molecule has 1 aromatic carbocycles. The SMILES string of the molecule is Cc1cc(C)c(C#N)c(N2CCN(c3ccc(O)cc3)CC2)n1. The lowest BCUT2D eigenvalue weighted by molar-refractivity contribution is 0.475. The molecule has 2 aromatic rings. The van der Waals surface area contributed by atoms with Crippen LogP contribution in [0.25, 0.3) is 0 Å². The summed E-state index contributed by atoms with van der Waals surface area (Å²) in [7, 11) is 0. The van der Waals surface area contributed by atoms with E-state index >= 15 is 0 Å². The Labute approximate surface area is 136 Å². The fourth-order valence-corrected chi connectivity index (χ4v) is 3.02. The van der Waals surface area contributed by atoms with E-state index in [0.29, 0.717) is 5.56 Å². The molecule has 23 heavy (non-hydrogen) atoms. The van der Waals surface area contributed by atoms with E-state index in [0.717, 1.165) is 48.9 Å². The topological polar surface area (TPSA) is 63.4 Å². The van der Waals surface area contributed by atoms with Crippen molar-refractivity contribution >= 4 is 11.5 Å². The third kappa shape index (κ3) is 3.07. The highest BCUT2D eigenvalue weighted by Gasteiger charge is 2.21. The second-order valence-corrected chi connectivity index (χ2v) is 5.88. The van der Waals surface area contributed by atoms with E-state index in [1.165, 1.54) is 0 Å². The molecular weight excluding hydrogens is 288 g/mol. The van der Waals surface area contributed by atoms with Crippen LogP contribution in [-0.4, -0.2) is 36.3 Å². The molecule has 1 aliphatic rings. The molecule has 1 saturated heterocycles. The van der Waals surface area contributed by atoms with Crippen molar-refractivity contribution in [1.82, 2.24) is 4.98 Å². The first-order chi connectivity index (χ1) is 11.1. The summed E-state index contributed by atoms with van der Waals surface area (Å²) in [6, 6.07) is 11.5. The maximum atomic E-state index is 9.43. The Bertz CT molecular complexity index is 741. The largest absolute Gasteiger partial charge is 0.508 e. The maximum absolute atomic E-state index is 9.43. The highest BCUT2D eigenvalue weighted by atomic mass is 16.3. The van der Waals surface area contributed by atoms with Crippen molar-refractivity contribution < 1.29 is 5.11 Å². The Morgan fingerprint density at radius 2 is 1.65 bits per heavy atom. The number of aryl methyl sites for hydroxylation is 2. The predicted octanol–water partition coefficient (Wildman–Crippen LogP) is 2.60. The van der Waals surface area contributed by atoms with Crippen LogP contribution in [0.4, 0.5) is 11.5 Å². The minimum absolute atomic E-state index is 0.283. The molecule has 118 valence electrons. The van der Waals surface area contributed by atoms with Crippen LogP contribution in [0.3, 0.4) is 0 Å². The van der Waals surface area contributed by atoms with Crippen LogP contribution in [0, 0.1) is 25.2 Å². The van der Waals surface area contributed by atoms with Crippen molar-refractivity contribution in [3.05, 3.63) is 47.2 Å². The van der Waals surface area contributed by atoms with Gasteiger partial charge in [0.1, 0.15) is 17.6 Å². The van der Waals surface area contributed by atoms with E-state index in [2.05, 4.69) is 20.9 Å². The second kappa shape index (κ2) is 6.17. The molecule has 0 aliphatic carbocycles. The number of aromatic hydroxyl groups is 1. The van der Waals surface area contributed by atoms with Gasteiger partial charge in [0.05, 0.1) is 5.56 Å². The second-order valence-electron chi connectivity index (χ2n) is 5.88. The van der Waals surface area contributed by atoms with Gasteiger partial charge < -0.3 is 14.9 Å². The molecule has 5 nitrogen and oxygen atoms in total. The quantitative estimate of drug-likeness (QED) is 0.924. The van der Waals surface area contributed by atoms with E-state index in [1.807, 2.05) is 32.0 Å². The Balaban J connectivity index is 1.77. The molecule has 2 heterocycles. The summed E-state index contributed by atoms with van der Waals surface area (Å²) in [6.07, 6.45) is 0. The molecule has 0 bridgehead atoms. The predicted molar refractivity (Wildman–Crippen MR) is 91.0 cm³/mol. The molecule has 0 atom stereocenters. The lowest BCUT2D eigenvalue weighted by Gasteiger charge is -2.37. The minimum atomic E-state index is 0.283. The smallest absolute Gasteiger partial charge is 0.147 e. The van der Waals surface area contributed by atoms with Crippen molar-refractivity contribution in [2.24, 2.45) is 0 Å². The van der Waals surface area contributed by atoms with Crippen LogP contribution in [0.1, 0.15) is 16.8 Å². The van der Waals surface area contributed by atoms with Gasteiger partial charge in [0.15, 0.2) is 0 Å². The van der Waals surface area contributed by atoms with Crippen molar-refractivity contribution in [3.63, 3.8) is 0 Å². The first-order valence-electron chi connectivity index (χ1n) is 7.76. The highest BCUT2D eigenvalue weighted by molar-refractivity contribution is 5.59. The molecule has 1 fully saturated rings. The molecule has 1 aromatic heterocycles. The molecule has 0 spiro atoms. The average molecular weight is 308 g/mol. The third-order valence-corrected chi connectivity index (χ3v) is 4.23. The molecule has 1 N–H and O–H groups in total. The fraction of sp³-hybridized carbons (Fsp3) is 0.333. The van der Waals surface area contributed by atoms with Gasteiger partial charge in [-0.3, -0.25) is 0 Å². The molecule has 3 rings (SSSR count). The lowest BCUT2D eigenvalue weighted by atomic mass is 10.1. The zero-order valence-electron chi connectivity index (χ0n) is 13.5. The number of nitrogens with zero attached hydrogens (tertiary/aromatic N) is 4. The molecule has 0 unspecified atom stereocenters. The van der Waals surface area contributed by atoms with Crippen molar-refractivity contribution in [2.45, 2.75) is 13.8 Å². The number of pyridine rings is 1. The highest BCUT2D eigenvalue weighted by Crippen LogP contribution is 2.25. The molecule has 0 radical (unpaired) electrons. The van der Waals surface area contributed by atoms with Crippen molar-refractivity contribution in [3.8, 4) is 11.8 Å². The normalized spacial score (nSPS) is 14.7. The van der Waals surface area contributed by atoms with Gasteiger partial charge in [0.25, 0.3) is 0 Å². The lowest BCUT2D eigenvalue weighted by Crippen LogP contribution is -2.47. The van der Waals surface area contributed by atoms with E-state index < -0.39 is 0 Å². The zero-order valence-corrected chi connectivity index (χ0v) is 13.5. The molecule has 0 amide bonds. The van der Waals surface area contributed by atoms with Crippen molar-refractivity contribution in [2.75, 3.05) is 36.0 Å². The Kier molecular flexibility index (Phi) is 4.07. The fourth-order valence-electron chi connectivity index (χ4n) is 3.02. The summed E-state index contributed by atoms with van der Waals surface area (Å²) in [4.78, 5) is 9.06. The van der Waals surface area contributed by atoms with Gasteiger partial charge in [0, 0.05) is 37.6 Å². The van der Waals surface area contributed by atoms with Crippen LogP contribution in [0.5, 0.6) is 5.75 Å². The van der Waals surface area contributed by atoms with Gasteiger partial charge in [-0.1, -0.05) is 0 Å². The Hall–Kier alpha value is -2.74. The summed E-state index contributed by atoms with van der Waals surface area (Å²) in [5.41, 5.74) is 3.71. The maximum Gasteiger partial charge on any atom is 0.147 e. The van der Waals surface area contributed by atoms with E-state index in [-0.39, 0.29) is 5.75 Å². The number of phenols is 1. The van der Waals surface area contributed by atoms with Crippen LogP contribution in [0.2, 0.25) is 0 Å². The number of piperazine rings is 1. The number of nitriles is 1. The summed E-state index contributed by atoms with van der Waals surface area (Å²) >= 11 is 0. The van der Waals surface area contributed by atoms with E-state index in [4.69, 9.17) is 0 Å². The number of anilines is 2. The number of hydrogen-bond donors (Lipinski definition) is 1. The summed E-state index contributed by atoms with van der Waals surface area (Å²) < 4.78 is 0. The van der Waals surface area contributed by atoms with Gasteiger partial charge in [-0.05, 0) is 49.7 Å². The van der Waals surface area contributed by atoms with Gasteiger partial charge in [-0.15, -0.1) is 0 Å². The zero-order chi connectivity index (χ0) is 16.4. The summed E-state index contributed by atoms with van der Waals surface area (Å²) in [5.74, 6) is 1.08. The standard InChI is InChI=1S/C18H20N4O/c1-13-11-14(2)20-18(17(13)12-19)22-9-7-21(8-10-22)15-3-5-16(23)6-4-15/h3-6,11,23H,7-10H2,1-2H3. The monoisotopic (exact) mass is 308 g/mol. The number of aromatic nitrogens is 1. The van der Waals surface area contributed by atoms with E-state index in [1.54, 1.807) is 12.1 Å². The molecule has 0 saturated carbocycles. The van der Waals surface area contributed by atoms with Crippen molar-refractivity contribution in [1.29, 1.82) is 5.26 Å². The number of hydrogen-bond acceptors (Lipinski definition) is 5. The first kappa shape index (κ1) is 15.2. The minimum Gasteiger partial charge on any atom is -0.508 e. The Morgan fingerprint density at radius 3 is 2.26 bits per heavy atom. The number of rotatable bonds is 2. The van der Waals surface area contributed by atoms with Gasteiger partial charge in [-0.25, -0.2) is 4.98 Å². The number of phenolic OH excluding ortho intramolecular Hbond substituents is 1. The van der Waals surface area contributed by atoms with Crippen LogP contribution in [-0.2, 0) is 0 Å². The van der Waals surface area contributed by atoms with E-state index in [9.17, 15) is 10.4 Å². The third-order valence-electron chi connectivity index (χ3n) is 4.23. The summed E-state index contributed by atoms with van der Waals surface area (Å²) in [5, 5.41) is 18.8. The molecular formula is C18H20N4O. The molecule has 5 heteroatoms. The number of benzene rings is 1. The van der Waals surface area contributed by atoms with Gasteiger partial charge in [-0.2, -0.15) is 5.26 Å². The molecule has 1 aliphatic heterocycles. The first-order valence-corrected chi connectivity index (χ1v) is 7.76.